The zero-order valence-corrected chi connectivity index (χ0v) is 11.9. The fourth-order valence-electron chi connectivity index (χ4n) is 1.73. The molecule has 2 rings (SSSR count). The molecule has 0 aliphatic carbocycles. The van der Waals surface area contributed by atoms with Gasteiger partial charge in [0.25, 0.3) is 0 Å². The van der Waals surface area contributed by atoms with Gasteiger partial charge in [0.15, 0.2) is 5.82 Å². The molecule has 0 aliphatic heterocycles. The average Bonchev–Trinajstić information content (AvgIpc) is 2.44. The molecule has 0 unspecified atom stereocenters. The van der Waals surface area contributed by atoms with Crippen molar-refractivity contribution in [2.75, 3.05) is 6.61 Å². The minimum atomic E-state index is -4.40. The first-order chi connectivity index (χ1) is 9.90. The molecule has 0 aliphatic rings. The summed E-state index contributed by atoms with van der Waals surface area (Å²) in [5.74, 6) is 0.330. The summed E-state index contributed by atoms with van der Waals surface area (Å²) in [5.41, 5.74) is -0.0798. The fourth-order valence-corrected chi connectivity index (χ4v) is 1.93. The lowest BCUT2D eigenvalue weighted by atomic mass is 10.1. The van der Waals surface area contributed by atoms with Crippen molar-refractivity contribution < 1.29 is 17.9 Å². The Hall–Kier alpha value is -1.66. The van der Waals surface area contributed by atoms with E-state index in [0.29, 0.717) is 23.7 Å². The van der Waals surface area contributed by atoms with Crippen LogP contribution in [0.4, 0.5) is 13.2 Å². The molecule has 0 atom stereocenters. The molecule has 1 heterocycles. The molecule has 7 heteroatoms. The first kappa shape index (κ1) is 15.7. The summed E-state index contributed by atoms with van der Waals surface area (Å²) in [4.78, 5) is 8.15. The fraction of sp³-hybridized carbons (Fsp3) is 0.286. The number of aromatic nitrogens is 2. The highest BCUT2D eigenvalue weighted by Gasteiger charge is 2.30. The first-order valence-corrected chi connectivity index (χ1v) is 6.57. The highest BCUT2D eigenvalue weighted by molar-refractivity contribution is 6.29. The van der Waals surface area contributed by atoms with Crippen LogP contribution in [0.5, 0.6) is 0 Å². The molecular formula is C14H12ClF3N2O. The number of nitrogens with zero attached hydrogens (tertiary/aromatic N) is 2. The maximum atomic E-state index is 12.7. The summed E-state index contributed by atoms with van der Waals surface area (Å²) in [5, 5.41) is 0.159. The number of hydrogen-bond donors (Lipinski definition) is 0. The van der Waals surface area contributed by atoms with Crippen LogP contribution in [0, 0.1) is 0 Å². The van der Waals surface area contributed by atoms with Crippen LogP contribution in [0.2, 0.25) is 5.15 Å². The Kier molecular flexibility index (Phi) is 4.80. The number of ether oxygens (including phenoxy) is 1. The first-order valence-electron chi connectivity index (χ1n) is 6.19. The number of rotatable bonds is 4. The lowest BCUT2D eigenvalue weighted by molar-refractivity contribution is -0.137. The third-order valence-electron chi connectivity index (χ3n) is 2.66. The number of benzene rings is 1. The lowest BCUT2D eigenvalue weighted by Gasteiger charge is -2.09. The Morgan fingerprint density at radius 3 is 2.62 bits per heavy atom. The zero-order chi connectivity index (χ0) is 15.5. The van der Waals surface area contributed by atoms with Gasteiger partial charge in [-0.05, 0) is 19.1 Å². The maximum Gasteiger partial charge on any atom is 0.416 e. The van der Waals surface area contributed by atoms with Gasteiger partial charge in [-0.1, -0.05) is 23.7 Å². The molecule has 0 bridgehead atoms. The average molecular weight is 317 g/mol. The molecule has 21 heavy (non-hydrogen) atoms. The number of hydrogen-bond acceptors (Lipinski definition) is 3. The van der Waals surface area contributed by atoms with Crippen molar-refractivity contribution in [3.05, 3.63) is 46.9 Å². The minimum absolute atomic E-state index is 0.156. The van der Waals surface area contributed by atoms with Crippen molar-refractivity contribution in [2.24, 2.45) is 0 Å². The number of alkyl halides is 3. The van der Waals surface area contributed by atoms with E-state index in [-0.39, 0.29) is 11.8 Å². The van der Waals surface area contributed by atoms with Gasteiger partial charge in [-0.3, -0.25) is 0 Å². The minimum Gasteiger partial charge on any atom is -0.374 e. The Bertz CT molecular complexity index is 632. The SMILES string of the molecule is CCOCc1nc(Cl)cc(-c2cccc(C(F)(F)F)c2)n1. The molecule has 2 aromatic rings. The summed E-state index contributed by atoms with van der Waals surface area (Å²) < 4.78 is 43.4. The predicted octanol–water partition coefficient (Wildman–Crippen LogP) is 4.35. The van der Waals surface area contributed by atoms with Gasteiger partial charge in [-0.2, -0.15) is 13.2 Å². The molecule has 3 nitrogen and oxygen atoms in total. The van der Waals surface area contributed by atoms with E-state index < -0.39 is 11.7 Å². The molecule has 0 fully saturated rings. The molecular weight excluding hydrogens is 305 g/mol. The van der Waals surface area contributed by atoms with Crippen LogP contribution in [-0.2, 0) is 17.5 Å². The van der Waals surface area contributed by atoms with Gasteiger partial charge in [0.2, 0.25) is 0 Å². The molecule has 0 saturated heterocycles. The standard InChI is InChI=1S/C14H12ClF3N2O/c1-2-21-8-13-19-11(7-12(15)20-13)9-4-3-5-10(6-9)14(16,17)18/h3-7H,2,8H2,1H3. The monoisotopic (exact) mass is 316 g/mol. The van der Waals surface area contributed by atoms with Crippen LogP contribution in [-0.4, -0.2) is 16.6 Å². The van der Waals surface area contributed by atoms with E-state index in [2.05, 4.69) is 9.97 Å². The van der Waals surface area contributed by atoms with Crippen LogP contribution >= 0.6 is 11.6 Å². The normalized spacial score (nSPS) is 11.7. The van der Waals surface area contributed by atoms with Crippen LogP contribution in [0.3, 0.4) is 0 Å². The Balaban J connectivity index is 2.39. The van der Waals surface area contributed by atoms with E-state index in [1.807, 2.05) is 6.92 Å². The van der Waals surface area contributed by atoms with Crippen molar-refractivity contribution in [3.8, 4) is 11.3 Å². The van der Waals surface area contributed by atoms with Crippen molar-refractivity contribution >= 4 is 11.6 Å². The third kappa shape index (κ3) is 4.15. The Morgan fingerprint density at radius 2 is 1.95 bits per heavy atom. The smallest absolute Gasteiger partial charge is 0.374 e. The predicted molar refractivity (Wildman–Crippen MR) is 72.8 cm³/mol. The molecule has 0 radical (unpaired) electrons. The second-order valence-corrected chi connectivity index (χ2v) is 4.60. The van der Waals surface area contributed by atoms with Crippen molar-refractivity contribution in [3.63, 3.8) is 0 Å². The van der Waals surface area contributed by atoms with Gasteiger partial charge in [0.1, 0.15) is 11.8 Å². The molecule has 1 aromatic heterocycles. The second-order valence-electron chi connectivity index (χ2n) is 4.21. The topological polar surface area (TPSA) is 35.0 Å². The van der Waals surface area contributed by atoms with Gasteiger partial charge >= 0.3 is 6.18 Å². The molecule has 1 aromatic carbocycles. The quantitative estimate of drug-likeness (QED) is 0.786. The van der Waals surface area contributed by atoms with Crippen LogP contribution in [0.25, 0.3) is 11.3 Å². The van der Waals surface area contributed by atoms with E-state index in [9.17, 15) is 13.2 Å². The van der Waals surface area contributed by atoms with Crippen molar-refractivity contribution in [1.29, 1.82) is 0 Å². The highest BCUT2D eigenvalue weighted by Crippen LogP contribution is 2.32. The molecule has 0 spiro atoms. The van der Waals surface area contributed by atoms with Gasteiger partial charge in [0.05, 0.1) is 11.3 Å². The van der Waals surface area contributed by atoms with E-state index in [4.69, 9.17) is 16.3 Å². The van der Waals surface area contributed by atoms with Gasteiger partial charge < -0.3 is 4.74 Å². The summed E-state index contributed by atoms with van der Waals surface area (Å²) in [7, 11) is 0. The van der Waals surface area contributed by atoms with Crippen LogP contribution in [0.15, 0.2) is 30.3 Å². The molecule has 0 amide bonds. The maximum absolute atomic E-state index is 12.7. The Labute approximate surface area is 124 Å². The van der Waals surface area contributed by atoms with E-state index in [1.54, 1.807) is 6.07 Å². The summed E-state index contributed by atoms with van der Waals surface area (Å²) in [6.45, 7) is 2.45. The van der Waals surface area contributed by atoms with Crippen LogP contribution < -0.4 is 0 Å². The van der Waals surface area contributed by atoms with Gasteiger partial charge in [-0.15, -0.1) is 0 Å². The summed E-state index contributed by atoms with van der Waals surface area (Å²) in [6.07, 6.45) is -4.40. The summed E-state index contributed by atoms with van der Waals surface area (Å²) >= 11 is 5.88. The summed E-state index contributed by atoms with van der Waals surface area (Å²) in [6, 6.07) is 6.33. The van der Waals surface area contributed by atoms with Crippen molar-refractivity contribution in [2.45, 2.75) is 19.7 Å². The van der Waals surface area contributed by atoms with Gasteiger partial charge in [0, 0.05) is 18.2 Å². The molecule has 0 N–H and O–H groups in total. The van der Waals surface area contributed by atoms with Crippen molar-refractivity contribution in [1.82, 2.24) is 9.97 Å². The molecule has 112 valence electrons. The van der Waals surface area contributed by atoms with E-state index in [0.717, 1.165) is 12.1 Å². The zero-order valence-electron chi connectivity index (χ0n) is 11.1. The second kappa shape index (κ2) is 6.41. The van der Waals surface area contributed by atoms with E-state index in [1.165, 1.54) is 12.1 Å². The van der Waals surface area contributed by atoms with Crippen LogP contribution in [0.1, 0.15) is 18.3 Å². The van der Waals surface area contributed by atoms with Gasteiger partial charge in [-0.25, -0.2) is 9.97 Å². The number of halogens is 4. The third-order valence-corrected chi connectivity index (χ3v) is 2.86. The van der Waals surface area contributed by atoms with E-state index >= 15 is 0 Å². The largest absolute Gasteiger partial charge is 0.416 e. The highest BCUT2D eigenvalue weighted by atomic mass is 35.5. The molecule has 0 saturated carbocycles. The lowest BCUT2D eigenvalue weighted by Crippen LogP contribution is -2.05. The Morgan fingerprint density at radius 1 is 1.19 bits per heavy atom.